The van der Waals surface area contributed by atoms with Crippen LogP contribution >= 0.6 is 0 Å². The fourth-order valence-corrected chi connectivity index (χ4v) is 1.65. The van der Waals surface area contributed by atoms with Crippen molar-refractivity contribution >= 4 is 22.6 Å². The average Bonchev–Trinajstić information content (AvgIpc) is 2.79. The van der Waals surface area contributed by atoms with Crippen LogP contribution in [0.15, 0.2) is 34.9 Å². The smallest absolute Gasteiger partial charge is 0.345 e. The summed E-state index contributed by atoms with van der Waals surface area (Å²) in [6.07, 6.45) is 1.64. The number of hydrogen-bond acceptors (Lipinski definition) is 5. The van der Waals surface area contributed by atoms with E-state index in [1.807, 2.05) is 38.4 Å². The normalized spacial score (nSPS) is 11.6. The highest BCUT2D eigenvalue weighted by atomic mass is 16.5. The third kappa shape index (κ3) is 2.93. The standard InChI is InChI=1S/C14H16N2O3/c1-4-18-14(17)10(9-16(2)3)13-15-11-7-5-6-8-12(11)19-13/h5-9H,4H2,1-3H3. The number of aromatic nitrogens is 1. The monoisotopic (exact) mass is 260 g/mol. The Hall–Kier alpha value is -2.30. The minimum atomic E-state index is -0.442. The topological polar surface area (TPSA) is 55.6 Å². The molecule has 0 amide bonds. The summed E-state index contributed by atoms with van der Waals surface area (Å²) in [7, 11) is 3.64. The molecular formula is C14H16N2O3. The van der Waals surface area contributed by atoms with E-state index in [2.05, 4.69) is 4.98 Å². The van der Waals surface area contributed by atoms with Crippen LogP contribution in [0.3, 0.4) is 0 Å². The Morgan fingerprint density at radius 3 is 2.79 bits per heavy atom. The first-order chi connectivity index (χ1) is 9.11. The first kappa shape index (κ1) is 13.1. The Labute approximate surface area is 111 Å². The van der Waals surface area contributed by atoms with Gasteiger partial charge in [0, 0.05) is 20.3 Å². The predicted molar refractivity (Wildman–Crippen MR) is 72.3 cm³/mol. The summed E-state index contributed by atoms with van der Waals surface area (Å²) in [5.41, 5.74) is 1.67. The van der Waals surface area contributed by atoms with Crippen LogP contribution in [-0.4, -0.2) is 36.6 Å². The van der Waals surface area contributed by atoms with Crippen LogP contribution in [0, 0.1) is 0 Å². The van der Waals surface area contributed by atoms with Crippen molar-refractivity contribution < 1.29 is 13.9 Å². The van der Waals surface area contributed by atoms with Crippen molar-refractivity contribution in [1.29, 1.82) is 0 Å². The number of ether oxygens (including phenoxy) is 1. The maximum Gasteiger partial charge on any atom is 0.345 e. The minimum absolute atomic E-state index is 0.272. The average molecular weight is 260 g/mol. The van der Waals surface area contributed by atoms with Crippen LogP contribution < -0.4 is 0 Å². The van der Waals surface area contributed by atoms with E-state index in [1.54, 1.807) is 18.0 Å². The molecule has 2 aromatic rings. The highest BCUT2D eigenvalue weighted by Gasteiger charge is 2.19. The zero-order valence-corrected chi connectivity index (χ0v) is 11.2. The van der Waals surface area contributed by atoms with E-state index in [-0.39, 0.29) is 5.89 Å². The second kappa shape index (κ2) is 5.56. The summed E-state index contributed by atoms with van der Waals surface area (Å²) in [5.74, 6) is -0.170. The second-order valence-corrected chi connectivity index (χ2v) is 4.21. The van der Waals surface area contributed by atoms with Crippen LogP contribution in [0.5, 0.6) is 0 Å². The van der Waals surface area contributed by atoms with Crippen LogP contribution in [0.25, 0.3) is 16.7 Å². The Morgan fingerprint density at radius 2 is 2.16 bits per heavy atom. The molecule has 0 bridgehead atoms. The van der Waals surface area contributed by atoms with Crippen LogP contribution in [0.1, 0.15) is 12.8 Å². The number of fused-ring (bicyclic) bond motifs is 1. The van der Waals surface area contributed by atoms with Gasteiger partial charge in [0.15, 0.2) is 5.58 Å². The number of carbonyl (C=O) groups excluding carboxylic acids is 1. The van der Waals surface area contributed by atoms with Gasteiger partial charge in [0.1, 0.15) is 11.1 Å². The quantitative estimate of drug-likeness (QED) is 0.623. The number of rotatable bonds is 4. The summed E-state index contributed by atoms with van der Waals surface area (Å²) in [6, 6.07) is 7.37. The fourth-order valence-electron chi connectivity index (χ4n) is 1.65. The molecule has 0 saturated carbocycles. The zero-order valence-electron chi connectivity index (χ0n) is 11.2. The lowest BCUT2D eigenvalue weighted by molar-refractivity contribution is -0.136. The van der Waals surface area contributed by atoms with E-state index >= 15 is 0 Å². The van der Waals surface area contributed by atoms with Crippen molar-refractivity contribution in [2.75, 3.05) is 20.7 Å². The van der Waals surface area contributed by atoms with Crippen molar-refractivity contribution in [3.8, 4) is 0 Å². The van der Waals surface area contributed by atoms with Gasteiger partial charge in [0.05, 0.1) is 6.61 Å². The highest BCUT2D eigenvalue weighted by molar-refractivity contribution is 6.15. The van der Waals surface area contributed by atoms with Gasteiger partial charge in [0.2, 0.25) is 5.89 Å². The molecule has 0 aliphatic rings. The predicted octanol–water partition coefficient (Wildman–Crippen LogP) is 2.29. The Bertz CT molecular complexity index is 581. The molecule has 0 unspecified atom stereocenters. The molecule has 0 fully saturated rings. The summed E-state index contributed by atoms with van der Waals surface area (Å²) in [4.78, 5) is 18.0. The maximum atomic E-state index is 11.9. The summed E-state index contributed by atoms with van der Waals surface area (Å²) in [5, 5.41) is 0. The third-order valence-corrected chi connectivity index (χ3v) is 2.41. The number of para-hydroxylation sites is 2. The molecule has 1 aromatic heterocycles. The molecule has 0 aliphatic carbocycles. The molecular weight excluding hydrogens is 244 g/mol. The first-order valence-corrected chi connectivity index (χ1v) is 6.03. The zero-order chi connectivity index (χ0) is 13.8. The van der Waals surface area contributed by atoms with Crippen LogP contribution in [0.4, 0.5) is 0 Å². The molecule has 5 heteroatoms. The Morgan fingerprint density at radius 1 is 1.42 bits per heavy atom. The van der Waals surface area contributed by atoms with E-state index < -0.39 is 5.97 Å². The number of carbonyl (C=O) groups is 1. The molecule has 1 heterocycles. The molecule has 0 atom stereocenters. The Balaban J connectivity index is 2.45. The van der Waals surface area contributed by atoms with Gasteiger partial charge in [-0.3, -0.25) is 0 Å². The van der Waals surface area contributed by atoms with E-state index in [4.69, 9.17) is 9.15 Å². The summed E-state index contributed by atoms with van der Waals surface area (Å²) >= 11 is 0. The highest BCUT2D eigenvalue weighted by Crippen LogP contribution is 2.22. The number of oxazole rings is 1. The summed E-state index contributed by atoms with van der Waals surface area (Å²) in [6.45, 7) is 2.07. The number of esters is 1. The molecule has 1 aromatic carbocycles. The van der Waals surface area contributed by atoms with E-state index in [9.17, 15) is 4.79 Å². The van der Waals surface area contributed by atoms with Gasteiger partial charge in [-0.2, -0.15) is 0 Å². The van der Waals surface area contributed by atoms with Gasteiger partial charge in [-0.1, -0.05) is 12.1 Å². The van der Waals surface area contributed by atoms with Crippen LogP contribution in [-0.2, 0) is 9.53 Å². The first-order valence-electron chi connectivity index (χ1n) is 6.03. The minimum Gasteiger partial charge on any atom is -0.462 e. The third-order valence-electron chi connectivity index (χ3n) is 2.41. The van der Waals surface area contributed by atoms with Crippen molar-refractivity contribution in [1.82, 2.24) is 9.88 Å². The lowest BCUT2D eigenvalue weighted by atomic mass is 10.3. The largest absolute Gasteiger partial charge is 0.462 e. The maximum absolute atomic E-state index is 11.9. The van der Waals surface area contributed by atoms with E-state index in [0.29, 0.717) is 23.3 Å². The van der Waals surface area contributed by atoms with Gasteiger partial charge >= 0.3 is 5.97 Å². The van der Waals surface area contributed by atoms with Gasteiger partial charge in [0.25, 0.3) is 0 Å². The molecule has 2 rings (SSSR count). The SMILES string of the molecule is CCOC(=O)C(=CN(C)C)c1nc2ccccc2o1. The van der Waals surface area contributed by atoms with E-state index in [0.717, 1.165) is 0 Å². The van der Waals surface area contributed by atoms with Gasteiger partial charge in [-0.15, -0.1) is 0 Å². The lowest BCUT2D eigenvalue weighted by Crippen LogP contribution is -2.11. The number of benzene rings is 1. The summed E-state index contributed by atoms with van der Waals surface area (Å²) < 4.78 is 10.6. The molecule has 0 aliphatic heterocycles. The van der Waals surface area contributed by atoms with Gasteiger partial charge in [-0.05, 0) is 19.1 Å². The Kier molecular flexibility index (Phi) is 3.85. The van der Waals surface area contributed by atoms with Crippen molar-refractivity contribution in [3.05, 3.63) is 36.4 Å². The molecule has 100 valence electrons. The molecule has 0 saturated heterocycles. The van der Waals surface area contributed by atoms with Crippen molar-refractivity contribution in [2.45, 2.75) is 6.92 Å². The molecule has 5 nitrogen and oxygen atoms in total. The van der Waals surface area contributed by atoms with Crippen LogP contribution in [0.2, 0.25) is 0 Å². The molecule has 0 radical (unpaired) electrons. The van der Waals surface area contributed by atoms with Crippen molar-refractivity contribution in [3.63, 3.8) is 0 Å². The number of nitrogens with zero attached hydrogens (tertiary/aromatic N) is 2. The van der Waals surface area contributed by atoms with Gasteiger partial charge < -0.3 is 14.1 Å². The fraction of sp³-hybridized carbons (Fsp3) is 0.286. The molecule has 19 heavy (non-hydrogen) atoms. The lowest BCUT2D eigenvalue weighted by Gasteiger charge is -2.08. The molecule has 0 N–H and O–H groups in total. The van der Waals surface area contributed by atoms with Crippen molar-refractivity contribution in [2.24, 2.45) is 0 Å². The molecule has 0 spiro atoms. The number of hydrogen-bond donors (Lipinski definition) is 0. The van der Waals surface area contributed by atoms with Gasteiger partial charge in [-0.25, -0.2) is 9.78 Å². The van der Waals surface area contributed by atoms with E-state index in [1.165, 1.54) is 0 Å². The second-order valence-electron chi connectivity index (χ2n) is 4.21.